The van der Waals surface area contributed by atoms with Crippen molar-refractivity contribution < 1.29 is 19.4 Å². The Morgan fingerprint density at radius 2 is 2.06 bits per heavy atom. The van der Waals surface area contributed by atoms with Crippen LogP contribution in [0, 0.1) is 0 Å². The van der Waals surface area contributed by atoms with E-state index >= 15 is 0 Å². The molecule has 2 unspecified atom stereocenters. The van der Waals surface area contributed by atoms with Crippen LogP contribution >= 0.6 is 0 Å². The van der Waals surface area contributed by atoms with Gasteiger partial charge in [-0.1, -0.05) is 19.3 Å². The molecule has 1 saturated carbocycles. The van der Waals surface area contributed by atoms with Crippen LogP contribution in [0.15, 0.2) is 28.2 Å². The number of carbonyl (C=O) groups is 2. The number of hydrogen-bond acceptors (Lipinski definition) is 7. The molecule has 0 radical (unpaired) electrons. The molecule has 1 amide bonds. The van der Waals surface area contributed by atoms with Gasteiger partial charge >= 0.3 is 5.97 Å². The van der Waals surface area contributed by atoms with Crippen LogP contribution in [0.2, 0.25) is 0 Å². The third-order valence-corrected chi connectivity index (χ3v) is 6.53. The number of aliphatic imine (C=N–C) groups is 2. The number of amidine groups is 1. The van der Waals surface area contributed by atoms with Gasteiger partial charge in [-0.25, -0.2) is 9.79 Å². The minimum Gasteiger partial charge on any atom is -0.495 e. The van der Waals surface area contributed by atoms with Crippen molar-refractivity contribution in [2.45, 2.75) is 70.0 Å². The summed E-state index contributed by atoms with van der Waals surface area (Å²) in [6, 6.07) is 5.02. The molecule has 2 atom stereocenters. The van der Waals surface area contributed by atoms with Gasteiger partial charge < -0.3 is 25.4 Å². The maximum atomic E-state index is 12.6. The second kappa shape index (κ2) is 8.80. The van der Waals surface area contributed by atoms with E-state index < -0.39 is 11.5 Å². The van der Waals surface area contributed by atoms with Gasteiger partial charge in [-0.2, -0.15) is 4.99 Å². The first-order chi connectivity index (χ1) is 15.3. The molecule has 2 heterocycles. The van der Waals surface area contributed by atoms with Crippen molar-refractivity contribution in [2.75, 3.05) is 19.0 Å². The van der Waals surface area contributed by atoms with Gasteiger partial charge in [0.05, 0.1) is 24.9 Å². The SMILES string of the molecule is COc1cc(C(=O)O)ccc1NC1=NCC2(C)NC(=O)CC(C)N(C3CCCCC3)C2=N1. The number of carboxylic acid groups (broad SMARTS) is 1. The van der Waals surface area contributed by atoms with Crippen molar-refractivity contribution in [3.05, 3.63) is 23.8 Å². The minimum absolute atomic E-state index is 0.0172. The highest BCUT2D eigenvalue weighted by atomic mass is 16.5. The molecule has 1 aromatic rings. The first-order valence-electron chi connectivity index (χ1n) is 11.2. The molecular weight excluding hydrogens is 410 g/mol. The van der Waals surface area contributed by atoms with Gasteiger partial charge in [0, 0.05) is 18.5 Å². The van der Waals surface area contributed by atoms with E-state index in [1.807, 2.05) is 6.92 Å². The zero-order chi connectivity index (χ0) is 22.9. The first kappa shape index (κ1) is 22.1. The molecule has 1 saturated heterocycles. The zero-order valence-corrected chi connectivity index (χ0v) is 18.9. The molecule has 1 aliphatic carbocycles. The number of ether oxygens (including phenoxy) is 1. The maximum absolute atomic E-state index is 12.6. The zero-order valence-electron chi connectivity index (χ0n) is 18.9. The van der Waals surface area contributed by atoms with Crippen molar-refractivity contribution in [1.82, 2.24) is 10.2 Å². The van der Waals surface area contributed by atoms with Crippen LogP contribution in [0.25, 0.3) is 0 Å². The summed E-state index contributed by atoms with van der Waals surface area (Å²) in [7, 11) is 1.49. The fourth-order valence-corrected chi connectivity index (χ4v) is 4.94. The summed E-state index contributed by atoms with van der Waals surface area (Å²) in [5, 5.41) is 15.6. The Morgan fingerprint density at radius 3 is 2.75 bits per heavy atom. The average molecular weight is 442 g/mol. The number of amides is 1. The van der Waals surface area contributed by atoms with E-state index in [9.17, 15) is 14.7 Å². The largest absolute Gasteiger partial charge is 0.495 e. The highest BCUT2D eigenvalue weighted by molar-refractivity contribution is 6.10. The third-order valence-electron chi connectivity index (χ3n) is 6.53. The summed E-state index contributed by atoms with van der Waals surface area (Å²) in [5.74, 6) is 0.646. The Morgan fingerprint density at radius 1 is 1.31 bits per heavy atom. The number of nitrogens with zero attached hydrogens (tertiary/aromatic N) is 3. The van der Waals surface area contributed by atoms with Crippen molar-refractivity contribution in [3.8, 4) is 5.75 Å². The molecule has 32 heavy (non-hydrogen) atoms. The molecule has 0 bridgehead atoms. The van der Waals surface area contributed by atoms with Crippen molar-refractivity contribution in [3.63, 3.8) is 0 Å². The summed E-state index contributed by atoms with van der Waals surface area (Å²) in [4.78, 5) is 35.7. The van der Waals surface area contributed by atoms with Crippen LogP contribution in [0.1, 0.15) is 62.7 Å². The molecule has 0 spiro atoms. The number of nitrogens with one attached hydrogen (secondary N) is 2. The van der Waals surface area contributed by atoms with Gasteiger partial charge in [-0.3, -0.25) is 4.79 Å². The molecule has 3 N–H and O–H groups in total. The second-order valence-corrected chi connectivity index (χ2v) is 9.05. The lowest BCUT2D eigenvalue weighted by atomic mass is 9.90. The number of methoxy groups -OCH3 is 1. The number of anilines is 1. The molecular formula is C23H31N5O4. The predicted octanol–water partition coefficient (Wildman–Crippen LogP) is 2.88. The second-order valence-electron chi connectivity index (χ2n) is 9.05. The Labute approximate surface area is 187 Å². The van der Waals surface area contributed by atoms with E-state index in [1.54, 1.807) is 6.07 Å². The number of guanidine groups is 1. The fourth-order valence-electron chi connectivity index (χ4n) is 4.94. The van der Waals surface area contributed by atoms with Crippen molar-refractivity contribution in [2.24, 2.45) is 9.98 Å². The van der Waals surface area contributed by atoms with Crippen molar-refractivity contribution >= 4 is 29.4 Å². The number of carboxylic acids is 1. The predicted molar refractivity (Wildman–Crippen MR) is 123 cm³/mol. The molecule has 9 heteroatoms. The smallest absolute Gasteiger partial charge is 0.335 e. The average Bonchev–Trinajstić information content (AvgIpc) is 2.86. The summed E-state index contributed by atoms with van der Waals surface area (Å²) < 4.78 is 5.37. The van der Waals surface area contributed by atoms with Crippen LogP contribution < -0.4 is 15.4 Å². The van der Waals surface area contributed by atoms with Gasteiger partial charge in [0.15, 0.2) is 0 Å². The number of fused-ring (bicyclic) bond motifs is 1. The topological polar surface area (TPSA) is 116 Å². The first-order valence-corrected chi connectivity index (χ1v) is 11.2. The molecule has 2 aliphatic heterocycles. The van der Waals surface area contributed by atoms with Crippen LogP contribution in [-0.2, 0) is 4.79 Å². The van der Waals surface area contributed by atoms with E-state index in [0.717, 1.165) is 18.7 Å². The number of benzene rings is 1. The van der Waals surface area contributed by atoms with E-state index in [1.165, 1.54) is 38.5 Å². The number of carbonyl (C=O) groups excluding carboxylic acids is 1. The van der Waals surface area contributed by atoms with Crippen molar-refractivity contribution in [1.29, 1.82) is 0 Å². The lowest BCUT2D eigenvalue weighted by molar-refractivity contribution is -0.122. The van der Waals surface area contributed by atoms with Gasteiger partial charge in [-0.05, 0) is 44.9 Å². The van der Waals surface area contributed by atoms with Crippen LogP contribution in [0.4, 0.5) is 5.69 Å². The van der Waals surface area contributed by atoms with E-state index in [0.29, 0.717) is 36.4 Å². The quantitative estimate of drug-likeness (QED) is 0.662. The highest BCUT2D eigenvalue weighted by Crippen LogP contribution is 2.32. The summed E-state index contributed by atoms with van der Waals surface area (Å²) in [6.07, 6.45) is 6.24. The molecule has 1 aromatic carbocycles. The van der Waals surface area contributed by atoms with Gasteiger partial charge in [0.2, 0.25) is 11.9 Å². The van der Waals surface area contributed by atoms with E-state index in [2.05, 4.69) is 27.4 Å². The molecule has 2 fully saturated rings. The summed E-state index contributed by atoms with van der Waals surface area (Å²) >= 11 is 0. The number of rotatable bonds is 4. The van der Waals surface area contributed by atoms with E-state index in [-0.39, 0.29) is 17.5 Å². The number of aromatic carboxylic acids is 1. The van der Waals surface area contributed by atoms with Crippen LogP contribution in [0.5, 0.6) is 5.75 Å². The van der Waals surface area contributed by atoms with Crippen LogP contribution in [0.3, 0.4) is 0 Å². The summed E-state index contributed by atoms with van der Waals surface area (Å²) in [6.45, 7) is 4.44. The highest BCUT2D eigenvalue weighted by Gasteiger charge is 2.45. The Hall–Kier alpha value is -3.10. The molecule has 172 valence electrons. The standard InChI is InChI=1S/C23H31N5O4/c1-14-11-19(29)27-23(2)13-24-22(26-21(23)28(14)16-7-5-4-6-8-16)25-17-10-9-15(20(30)31)12-18(17)32-3/h9-10,12,14,16H,4-8,11,13H2,1-3H3,(H,24,25)(H,27,29)(H,30,31). The maximum Gasteiger partial charge on any atom is 0.335 e. The Bertz CT molecular complexity index is 969. The normalized spacial score (nSPS) is 26.3. The van der Waals surface area contributed by atoms with Gasteiger partial charge in [-0.15, -0.1) is 0 Å². The Kier molecular flexibility index (Phi) is 6.08. The van der Waals surface area contributed by atoms with Gasteiger partial charge in [0.25, 0.3) is 0 Å². The molecule has 9 nitrogen and oxygen atoms in total. The summed E-state index contributed by atoms with van der Waals surface area (Å²) in [5.41, 5.74) is 0.0571. The minimum atomic E-state index is -1.02. The monoisotopic (exact) mass is 441 g/mol. The molecule has 4 rings (SSSR count). The number of hydrogen-bond donors (Lipinski definition) is 3. The van der Waals surface area contributed by atoms with Crippen LogP contribution in [-0.4, -0.2) is 65.0 Å². The lowest BCUT2D eigenvalue weighted by Gasteiger charge is -2.44. The van der Waals surface area contributed by atoms with Gasteiger partial charge in [0.1, 0.15) is 17.1 Å². The fraction of sp³-hybridized carbons (Fsp3) is 0.565. The molecule has 3 aliphatic rings. The third kappa shape index (κ3) is 4.28. The Balaban J connectivity index is 1.68. The lowest BCUT2D eigenvalue weighted by Crippen LogP contribution is -2.61. The van der Waals surface area contributed by atoms with E-state index in [4.69, 9.17) is 9.73 Å². The molecule has 0 aromatic heterocycles.